The van der Waals surface area contributed by atoms with Gasteiger partial charge in [0.2, 0.25) is 0 Å². The Bertz CT molecular complexity index is 781. The van der Waals surface area contributed by atoms with E-state index >= 15 is 0 Å². The fourth-order valence-electron chi connectivity index (χ4n) is 2.32. The van der Waals surface area contributed by atoms with Crippen LogP contribution in [0.15, 0.2) is 42.6 Å². The Hall–Kier alpha value is -2.67. The van der Waals surface area contributed by atoms with Crippen molar-refractivity contribution >= 4 is 11.0 Å². The lowest BCUT2D eigenvalue weighted by Crippen LogP contribution is -2.01. The maximum absolute atomic E-state index is 8.96. The average molecular weight is 262 g/mol. The highest BCUT2D eigenvalue weighted by Gasteiger charge is 2.08. The minimum atomic E-state index is 0.664. The zero-order valence-electron chi connectivity index (χ0n) is 11.2. The molecule has 2 heterocycles. The Morgan fingerprint density at radius 1 is 1.20 bits per heavy atom. The van der Waals surface area contributed by atoms with Crippen LogP contribution in [0.25, 0.3) is 11.0 Å². The number of nitriles is 1. The fraction of sp³-hybridized carbons (Fsp3) is 0.188. The smallest absolute Gasteiger partial charge is 0.109 e. The van der Waals surface area contributed by atoms with E-state index in [9.17, 15) is 0 Å². The molecule has 3 aromatic rings. The van der Waals surface area contributed by atoms with Crippen molar-refractivity contribution in [1.29, 1.82) is 5.26 Å². The Kier molecular flexibility index (Phi) is 3.18. The molecule has 0 atom stereocenters. The van der Waals surface area contributed by atoms with Crippen molar-refractivity contribution < 1.29 is 0 Å². The summed E-state index contributed by atoms with van der Waals surface area (Å²) in [5.41, 5.74) is 3.66. The van der Waals surface area contributed by atoms with E-state index in [1.807, 2.05) is 43.6 Å². The van der Waals surface area contributed by atoms with Gasteiger partial charge in [-0.1, -0.05) is 6.07 Å². The minimum Gasteiger partial charge on any atom is -0.331 e. The second-order valence-corrected chi connectivity index (χ2v) is 4.72. The fourth-order valence-corrected chi connectivity index (χ4v) is 2.32. The molecule has 0 bridgehead atoms. The van der Waals surface area contributed by atoms with Crippen LogP contribution < -0.4 is 0 Å². The van der Waals surface area contributed by atoms with E-state index in [4.69, 9.17) is 5.26 Å². The molecule has 0 fully saturated rings. The van der Waals surface area contributed by atoms with Gasteiger partial charge in [0.05, 0.1) is 22.7 Å². The maximum Gasteiger partial charge on any atom is 0.109 e. The average Bonchev–Trinajstić information content (AvgIpc) is 2.82. The number of fused-ring (bicyclic) bond motifs is 1. The number of hydrogen-bond acceptors (Lipinski definition) is 3. The lowest BCUT2D eigenvalue weighted by Gasteiger charge is -2.02. The summed E-state index contributed by atoms with van der Waals surface area (Å²) in [7, 11) is 1.99. The highest BCUT2D eigenvalue weighted by molar-refractivity contribution is 5.77. The highest BCUT2D eigenvalue weighted by atomic mass is 15.1. The minimum absolute atomic E-state index is 0.664. The van der Waals surface area contributed by atoms with Crippen molar-refractivity contribution in [2.24, 2.45) is 7.05 Å². The molecule has 0 spiro atoms. The number of hydrogen-bond donors (Lipinski definition) is 0. The number of pyridine rings is 1. The van der Waals surface area contributed by atoms with Gasteiger partial charge in [-0.05, 0) is 36.8 Å². The molecule has 98 valence electrons. The van der Waals surface area contributed by atoms with Crippen LogP contribution in [0.5, 0.6) is 0 Å². The molecule has 0 aliphatic carbocycles. The molecule has 20 heavy (non-hydrogen) atoms. The molecule has 1 aromatic carbocycles. The van der Waals surface area contributed by atoms with Gasteiger partial charge in [0.25, 0.3) is 0 Å². The van der Waals surface area contributed by atoms with E-state index in [-0.39, 0.29) is 0 Å². The first-order chi connectivity index (χ1) is 9.78. The normalized spacial score (nSPS) is 10.6. The van der Waals surface area contributed by atoms with Crippen LogP contribution in [0, 0.1) is 11.3 Å². The van der Waals surface area contributed by atoms with Gasteiger partial charge in [0, 0.05) is 25.4 Å². The lowest BCUT2D eigenvalue weighted by molar-refractivity contribution is 0.776. The maximum atomic E-state index is 8.96. The Labute approximate surface area is 117 Å². The quantitative estimate of drug-likeness (QED) is 0.729. The molecule has 0 aliphatic rings. The van der Waals surface area contributed by atoms with Crippen LogP contribution in [-0.2, 0) is 19.9 Å². The largest absolute Gasteiger partial charge is 0.331 e. The van der Waals surface area contributed by atoms with Gasteiger partial charge in [0.1, 0.15) is 5.82 Å². The first-order valence-corrected chi connectivity index (χ1v) is 6.53. The van der Waals surface area contributed by atoms with E-state index in [2.05, 4.69) is 20.6 Å². The molecule has 0 saturated heterocycles. The van der Waals surface area contributed by atoms with Crippen molar-refractivity contribution in [3.63, 3.8) is 0 Å². The first-order valence-electron chi connectivity index (χ1n) is 6.53. The topological polar surface area (TPSA) is 54.5 Å². The zero-order valence-corrected chi connectivity index (χ0v) is 11.2. The van der Waals surface area contributed by atoms with Crippen LogP contribution >= 0.6 is 0 Å². The van der Waals surface area contributed by atoms with E-state index in [0.29, 0.717) is 5.56 Å². The third-order valence-electron chi connectivity index (χ3n) is 3.43. The summed E-state index contributed by atoms with van der Waals surface area (Å²) in [6, 6.07) is 13.7. The first kappa shape index (κ1) is 12.4. The predicted molar refractivity (Wildman–Crippen MR) is 77.1 cm³/mol. The van der Waals surface area contributed by atoms with Gasteiger partial charge in [-0.2, -0.15) is 5.26 Å². The summed E-state index contributed by atoms with van der Waals surface area (Å²) in [6.07, 6.45) is 3.51. The Morgan fingerprint density at radius 2 is 2.10 bits per heavy atom. The molecule has 4 nitrogen and oxygen atoms in total. The van der Waals surface area contributed by atoms with Crippen LogP contribution in [0.4, 0.5) is 0 Å². The van der Waals surface area contributed by atoms with Crippen LogP contribution in [0.1, 0.15) is 17.1 Å². The second-order valence-electron chi connectivity index (χ2n) is 4.72. The van der Waals surface area contributed by atoms with E-state index < -0.39 is 0 Å². The zero-order chi connectivity index (χ0) is 13.9. The summed E-state index contributed by atoms with van der Waals surface area (Å²) in [5, 5.41) is 8.96. The van der Waals surface area contributed by atoms with Crippen LogP contribution in [0.3, 0.4) is 0 Å². The predicted octanol–water partition coefficient (Wildman–Crippen LogP) is 2.63. The summed E-state index contributed by atoms with van der Waals surface area (Å²) in [4.78, 5) is 8.95. The van der Waals surface area contributed by atoms with E-state index in [1.54, 1.807) is 6.07 Å². The van der Waals surface area contributed by atoms with Crippen LogP contribution in [-0.4, -0.2) is 14.5 Å². The van der Waals surface area contributed by atoms with Gasteiger partial charge >= 0.3 is 0 Å². The van der Waals surface area contributed by atoms with Gasteiger partial charge in [-0.3, -0.25) is 4.98 Å². The van der Waals surface area contributed by atoms with Gasteiger partial charge in [0.15, 0.2) is 0 Å². The van der Waals surface area contributed by atoms with Crippen LogP contribution in [0.2, 0.25) is 0 Å². The third-order valence-corrected chi connectivity index (χ3v) is 3.43. The van der Waals surface area contributed by atoms with Crippen molar-refractivity contribution in [2.75, 3.05) is 0 Å². The van der Waals surface area contributed by atoms with Gasteiger partial charge in [-0.15, -0.1) is 0 Å². The van der Waals surface area contributed by atoms with Crippen molar-refractivity contribution in [3.8, 4) is 6.07 Å². The van der Waals surface area contributed by atoms with E-state index in [1.165, 1.54) is 0 Å². The molecule has 0 radical (unpaired) electrons. The Morgan fingerprint density at radius 3 is 2.85 bits per heavy atom. The van der Waals surface area contributed by atoms with Crippen molar-refractivity contribution in [2.45, 2.75) is 12.8 Å². The summed E-state index contributed by atoms with van der Waals surface area (Å²) in [5.74, 6) is 1.01. The van der Waals surface area contributed by atoms with Gasteiger partial charge in [-0.25, -0.2) is 4.98 Å². The number of aromatic nitrogens is 3. The SMILES string of the molecule is Cn1c(CCc2ccccn2)nc2ccc(C#N)cc21. The van der Waals surface area contributed by atoms with E-state index in [0.717, 1.165) is 35.4 Å². The monoisotopic (exact) mass is 262 g/mol. The molecule has 0 unspecified atom stereocenters. The standard InChI is InChI=1S/C16H14N4/c1-20-15-10-12(11-17)5-7-14(15)19-16(20)8-6-13-4-2-3-9-18-13/h2-5,7,9-10H,6,8H2,1H3. The summed E-state index contributed by atoms with van der Waals surface area (Å²) >= 11 is 0. The Balaban J connectivity index is 1.89. The summed E-state index contributed by atoms with van der Waals surface area (Å²) < 4.78 is 2.05. The molecular weight excluding hydrogens is 248 g/mol. The number of nitrogens with zero attached hydrogens (tertiary/aromatic N) is 4. The van der Waals surface area contributed by atoms with Gasteiger partial charge < -0.3 is 4.57 Å². The lowest BCUT2D eigenvalue weighted by atomic mass is 10.2. The molecule has 3 rings (SSSR count). The number of rotatable bonds is 3. The molecule has 4 heteroatoms. The molecule has 0 N–H and O–H groups in total. The van der Waals surface area contributed by atoms with Crippen molar-refractivity contribution in [1.82, 2.24) is 14.5 Å². The second kappa shape index (κ2) is 5.14. The summed E-state index contributed by atoms with van der Waals surface area (Å²) in [6.45, 7) is 0. The molecule has 0 saturated carbocycles. The molecule has 0 amide bonds. The third kappa shape index (κ3) is 2.26. The number of aryl methyl sites for hydroxylation is 3. The number of imidazole rings is 1. The number of benzene rings is 1. The molecule has 2 aromatic heterocycles. The van der Waals surface area contributed by atoms with Crippen molar-refractivity contribution in [3.05, 3.63) is 59.7 Å². The molecule has 0 aliphatic heterocycles. The molecular formula is C16H14N4. The highest BCUT2D eigenvalue weighted by Crippen LogP contribution is 2.17.